The van der Waals surface area contributed by atoms with E-state index in [0.717, 1.165) is 6.42 Å². The van der Waals surface area contributed by atoms with Crippen molar-refractivity contribution in [2.75, 3.05) is 19.8 Å². The molecular weight excluding hydrogens is 464 g/mol. The number of ether oxygens (including phenoxy) is 4. The van der Waals surface area contributed by atoms with E-state index in [4.69, 9.17) is 24.7 Å². The number of hydrogen-bond acceptors (Lipinski definition) is 10. The first-order chi connectivity index (χ1) is 14.7. The third-order valence-electron chi connectivity index (χ3n) is 5.76. The number of β-lactam (4-membered cyclic amide) rings is 1. The molecule has 182 valence electrons. The number of amides is 1. The van der Waals surface area contributed by atoms with Crippen LogP contribution in [0.5, 0.6) is 0 Å². The minimum absolute atomic E-state index is 0. The summed E-state index contributed by atoms with van der Waals surface area (Å²) in [6.07, 6.45) is -2.37. The molecule has 0 radical (unpaired) electrons. The largest absolute Gasteiger partial charge is 0.511 e. The third kappa shape index (κ3) is 5.01. The van der Waals surface area contributed by atoms with Gasteiger partial charge in [-0.15, -0.1) is 24.2 Å². The predicted molar refractivity (Wildman–Crippen MR) is 118 cm³/mol. The maximum absolute atomic E-state index is 13.0. The summed E-state index contributed by atoms with van der Waals surface area (Å²) in [6.45, 7) is 7.57. The van der Waals surface area contributed by atoms with Crippen LogP contribution in [-0.4, -0.2) is 77.6 Å². The normalized spacial score (nSPS) is 30.8. The highest BCUT2D eigenvalue weighted by Gasteiger charge is 2.60. The molecule has 3 N–H and O–H groups in total. The Balaban J connectivity index is 0.00000363. The number of carbonyl (C=O) groups is 3. The van der Waals surface area contributed by atoms with Gasteiger partial charge in [0.15, 0.2) is 0 Å². The Morgan fingerprint density at radius 2 is 2.03 bits per heavy atom. The smallest absolute Gasteiger partial charge is 0.435 e. The lowest BCUT2D eigenvalue weighted by molar-refractivity contribution is -0.173. The molecule has 0 aliphatic carbocycles. The van der Waals surface area contributed by atoms with E-state index >= 15 is 0 Å². The molecule has 1 amide bonds. The molecule has 32 heavy (non-hydrogen) atoms. The Bertz CT molecular complexity index is 764. The van der Waals surface area contributed by atoms with Gasteiger partial charge in [0.05, 0.1) is 30.8 Å². The number of esters is 1. The molecule has 3 aliphatic heterocycles. The first-order valence-electron chi connectivity index (χ1n) is 10.5. The summed E-state index contributed by atoms with van der Waals surface area (Å²) in [5, 5.41) is 10.1. The van der Waals surface area contributed by atoms with Gasteiger partial charge in [-0.3, -0.25) is 4.79 Å². The van der Waals surface area contributed by atoms with Crippen LogP contribution in [0.2, 0.25) is 0 Å². The standard InChI is InChI=1S/C20H30N2O8S.ClH/c1-5-27-20(26)30-11(4)29-19(25)16-17(31-13-6-7-28-12(13)8-21)9(2)15-14(10(3)23)18(24)22(15)16;/h9-15,23H,5-8,21H2,1-4H3;1H/t9-,10-,11?,12-,13-,14-,15?;/m1./s1. The van der Waals surface area contributed by atoms with Crippen molar-refractivity contribution in [3.05, 3.63) is 10.6 Å². The molecule has 0 aromatic heterocycles. The highest BCUT2D eigenvalue weighted by molar-refractivity contribution is 8.03. The molecule has 7 atom stereocenters. The van der Waals surface area contributed by atoms with Gasteiger partial charge in [-0.1, -0.05) is 6.92 Å². The maximum atomic E-state index is 13.0. The van der Waals surface area contributed by atoms with Crippen LogP contribution in [-0.2, 0) is 28.5 Å². The fourth-order valence-electron chi connectivity index (χ4n) is 4.33. The number of hydrogen-bond donors (Lipinski definition) is 2. The van der Waals surface area contributed by atoms with Crippen LogP contribution < -0.4 is 5.73 Å². The van der Waals surface area contributed by atoms with Gasteiger partial charge in [-0.05, 0) is 20.3 Å². The molecular formula is C20H31ClN2O8S. The SMILES string of the molecule is CCOC(=O)OC(C)OC(=O)C1=C(S[C@@H]2CCO[C@@H]2CN)[C@H](C)C2[C@@H]([C@@H](C)O)C(=O)N12.Cl. The first kappa shape index (κ1) is 26.7. The summed E-state index contributed by atoms with van der Waals surface area (Å²) in [6, 6.07) is -0.336. The predicted octanol–water partition coefficient (Wildman–Crippen LogP) is 1.39. The quantitative estimate of drug-likeness (QED) is 0.289. The molecule has 0 bridgehead atoms. The molecule has 2 fully saturated rings. The number of fused-ring (bicyclic) bond motifs is 1. The zero-order chi connectivity index (χ0) is 22.9. The van der Waals surface area contributed by atoms with Crippen molar-refractivity contribution >= 4 is 42.2 Å². The van der Waals surface area contributed by atoms with E-state index in [1.807, 2.05) is 6.92 Å². The maximum Gasteiger partial charge on any atom is 0.511 e. The van der Waals surface area contributed by atoms with E-state index in [1.165, 1.54) is 23.6 Å². The van der Waals surface area contributed by atoms with Crippen LogP contribution >= 0.6 is 24.2 Å². The highest BCUT2D eigenvalue weighted by atomic mass is 35.5. The number of nitrogens with two attached hydrogens (primary N) is 1. The highest BCUT2D eigenvalue weighted by Crippen LogP contribution is 2.52. The fourth-order valence-corrected chi connectivity index (χ4v) is 5.86. The van der Waals surface area contributed by atoms with Gasteiger partial charge in [0.1, 0.15) is 5.70 Å². The fraction of sp³-hybridized carbons (Fsp3) is 0.750. The number of thioether (sulfide) groups is 1. The lowest BCUT2D eigenvalue weighted by Crippen LogP contribution is -2.63. The molecule has 3 rings (SSSR count). The summed E-state index contributed by atoms with van der Waals surface area (Å²) in [4.78, 5) is 39.4. The first-order valence-corrected chi connectivity index (χ1v) is 11.4. The van der Waals surface area contributed by atoms with Crippen molar-refractivity contribution < 1.29 is 38.4 Å². The minimum Gasteiger partial charge on any atom is -0.435 e. The van der Waals surface area contributed by atoms with Gasteiger partial charge in [-0.2, -0.15) is 0 Å². The topological polar surface area (TPSA) is 138 Å². The molecule has 0 saturated carbocycles. The van der Waals surface area contributed by atoms with Crippen molar-refractivity contribution in [1.82, 2.24) is 4.90 Å². The van der Waals surface area contributed by atoms with E-state index in [9.17, 15) is 19.5 Å². The number of carbonyl (C=O) groups excluding carboxylic acids is 3. The number of halogens is 1. The Kier molecular flexibility index (Phi) is 9.24. The van der Waals surface area contributed by atoms with Gasteiger partial charge >= 0.3 is 12.1 Å². The van der Waals surface area contributed by atoms with Crippen molar-refractivity contribution in [1.29, 1.82) is 0 Å². The second-order valence-corrected chi connectivity index (χ2v) is 9.11. The monoisotopic (exact) mass is 494 g/mol. The zero-order valence-electron chi connectivity index (χ0n) is 18.5. The molecule has 0 spiro atoms. The van der Waals surface area contributed by atoms with Crippen molar-refractivity contribution in [2.24, 2.45) is 17.6 Å². The second-order valence-electron chi connectivity index (χ2n) is 7.83. The molecule has 3 heterocycles. The molecule has 3 aliphatic rings. The summed E-state index contributed by atoms with van der Waals surface area (Å²) >= 11 is 1.47. The summed E-state index contributed by atoms with van der Waals surface area (Å²) in [5.41, 5.74) is 5.94. The Hall–Kier alpha value is -1.53. The molecule has 2 saturated heterocycles. The van der Waals surface area contributed by atoms with E-state index in [1.54, 1.807) is 13.8 Å². The van der Waals surface area contributed by atoms with Crippen LogP contribution in [0.3, 0.4) is 0 Å². The van der Waals surface area contributed by atoms with E-state index < -0.39 is 30.4 Å². The van der Waals surface area contributed by atoms with Crippen LogP contribution in [0.1, 0.15) is 34.1 Å². The van der Waals surface area contributed by atoms with Crippen LogP contribution in [0, 0.1) is 11.8 Å². The number of rotatable bonds is 8. The van der Waals surface area contributed by atoms with Gasteiger partial charge in [0, 0.05) is 36.1 Å². The van der Waals surface area contributed by atoms with Crippen LogP contribution in [0.4, 0.5) is 4.79 Å². The van der Waals surface area contributed by atoms with Crippen molar-refractivity contribution in [3.8, 4) is 0 Å². The minimum atomic E-state index is -1.20. The Labute approximate surface area is 197 Å². The van der Waals surface area contributed by atoms with Crippen molar-refractivity contribution in [2.45, 2.75) is 63.9 Å². The number of aliphatic hydroxyl groups is 1. The Morgan fingerprint density at radius 3 is 2.62 bits per heavy atom. The lowest BCUT2D eigenvalue weighted by atomic mass is 9.79. The number of aliphatic hydroxyl groups excluding tert-OH is 1. The summed E-state index contributed by atoms with van der Waals surface area (Å²) < 4.78 is 20.6. The molecule has 0 aromatic rings. The summed E-state index contributed by atoms with van der Waals surface area (Å²) in [7, 11) is 0. The average molecular weight is 495 g/mol. The Morgan fingerprint density at radius 1 is 1.34 bits per heavy atom. The molecule has 12 heteroatoms. The van der Waals surface area contributed by atoms with E-state index in [-0.39, 0.29) is 53.9 Å². The molecule has 0 aromatic carbocycles. The number of nitrogens with zero attached hydrogens (tertiary/aromatic N) is 1. The summed E-state index contributed by atoms with van der Waals surface area (Å²) in [5.74, 6) is -1.86. The second kappa shape index (κ2) is 11.1. The molecule has 10 nitrogen and oxygen atoms in total. The third-order valence-corrected chi connectivity index (χ3v) is 7.42. The zero-order valence-corrected chi connectivity index (χ0v) is 20.1. The average Bonchev–Trinajstić information content (AvgIpc) is 3.23. The van der Waals surface area contributed by atoms with Gasteiger partial charge in [0.2, 0.25) is 12.2 Å². The van der Waals surface area contributed by atoms with E-state index in [0.29, 0.717) is 18.1 Å². The van der Waals surface area contributed by atoms with E-state index in [2.05, 4.69) is 0 Å². The van der Waals surface area contributed by atoms with Gasteiger partial charge in [-0.25, -0.2) is 9.59 Å². The van der Waals surface area contributed by atoms with Crippen molar-refractivity contribution in [3.63, 3.8) is 0 Å². The van der Waals surface area contributed by atoms with Crippen LogP contribution in [0.25, 0.3) is 0 Å². The van der Waals surface area contributed by atoms with Gasteiger partial charge in [0.25, 0.3) is 0 Å². The van der Waals surface area contributed by atoms with Gasteiger partial charge < -0.3 is 34.7 Å². The lowest BCUT2D eigenvalue weighted by Gasteiger charge is -2.46. The molecule has 2 unspecified atom stereocenters. The van der Waals surface area contributed by atoms with Crippen LogP contribution in [0.15, 0.2) is 10.6 Å².